The number of nitrogens with one attached hydrogen (secondary N) is 1. The topological polar surface area (TPSA) is 109 Å². The summed E-state index contributed by atoms with van der Waals surface area (Å²) in [4.78, 5) is 33.3. The fourth-order valence-corrected chi connectivity index (χ4v) is 1.96. The molecule has 108 valence electrons. The number of amides is 2. The first-order valence-corrected chi connectivity index (χ1v) is 6.29. The Bertz CT molecular complexity index is 548. The lowest BCUT2D eigenvalue weighted by Crippen LogP contribution is -2.43. The smallest absolute Gasteiger partial charge is 0.326 e. The second-order valence-electron chi connectivity index (χ2n) is 4.04. The summed E-state index contributed by atoms with van der Waals surface area (Å²) in [5.74, 6) is -2.73. The number of primary amides is 1. The summed E-state index contributed by atoms with van der Waals surface area (Å²) in [6.07, 6.45) is -0.603. The molecule has 0 bridgehead atoms. The first-order chi connectivity index (χ1) is 9.29. The number of rotatable bonds is 6. The molecule has 2 amide bonds. The summed E-state index contributed by atoms with van der Waals surface area (Å²) in [6, 6.07) is 3.25. The molecule has 0 spiro atoms. The van der Waals surface area contributed by atoms with Crippen molar-refractivity contribution >= 4 is 41.0 Å². The maximum Gasteiger partial charge on any atom is 0.326 e. The third-order valence-corrected chi connectivity index (χ3v) is 2.99. The van der Waals surface area contributed by atoms with Crippen LogP contribution < -0.4 is 11.1 Å². The van der Waals surface area contributed by atoms with Crippen LogP contribution in [0.3, 0.4) is 0 Å². The molecule has 20 heavy (non-hydrogen) atoms. The van der Waals surface area contributed by atoms with E-state index in [2.05, 4.69) is 5.32 Å². The van der Waals surface area contributed by atoms with E-state index < -0.39 is 30.2 Å². The van der Waals surface area contributed by atoms with Crippen molar-refractivity contribution in [2.75, 3.05) is 0 Å². The molecule has 0 aromatic heterocycles. The first kappa shape index (κ1) is 16.3. The van der Waals surface area contributed by atoms with Crippen molar-refractivity contribution in [2.45, 2.75) is 18.9 Å². The van der Waals surface area contributed by atoms with Crippen LogP contribution in [-0.4, -0.2) is 28.9 Å². The number of aliphatic carboxylic acids is 1. The quantitative estimate of drug-likeness (QED) is 0.726. The van der Waals surface area contributed by atoms with Gasteiger partial charge >= 0.3 is 5.97 Å². The second-order valence-corrected chi connectivity index (χ2v) is 4.88. The average Bonchev–Trinajstić information content (AvgIpc) is 2.31. The van der Waals surface area contributed by atoms with Crippen LogP contribution in [0.4, 0.5) is 0 Å². The third-order valence-electron chi connectivity index (χ3n) is 2.40. The summed E-state index contributed by atoms with van der Waals surface area (Å²) in [7, 11) is 0. The van der Waals surface area contributed by atoms with Crippen LogP contribution in [-0.2, 0) is 20.8 Å². The van der Waals surface area contributed by atoms with E-state index in [1.165, 1.54) is 6.07 Å². The van der Waals surface area contributed by atoms with Gasteiger partial charge in [-0.2, -0.15) is 0 Å². The molecule has 0 unspecified atom stereocenters. The molecule has 0 saturated carbocycles. The molecule has 0 radical (unpaired) electrons. The Morgan fingerprint density at radius 3 is 2.45 bits per heavy atom. The van der Waals surface area contributed by atoms with Gasteiger partial charge in [0.1, 0.15) is 6.04 Å². The van der Waals surface area contributed by atoms with E-state index in [1.807, 2.05) is 0 Å². The number of benzene rings is 1. The number of hydrogen-bond acceptors (Lipinski definition) is 3. The SMILES string of the molecule is NC(=O)C[C@@H](NC(=O)Cc1ccc(Cl)cc1Cl)C(=O)O. The molecule has 0 fully saturated rings. The van der Waals surface area contributed by atoms with Gasteiger partial charge < -0.3 is 16.2 Å². The molecular weight excluding hydrogens is 307 g/mol. The molecule has 0 saturated heterocycles. The Kier molecular flexibility index (Phi) is 5.79. The molecule has 1 aromatic rings. The number of carbonyl (C=O) groups is 3. The zero-order valence-corrected chi connectivity index (χ0v) is 11.7. The Morgan fingerprint density at radius 1 is 1.30 bits per heavy atom. The summed E-state index contributed by atoms with van der Waals surface area (Å²) < 4.78 is 0. The minimum atomic E-state index is -1.36. The van der Waals surface area contributed by atoms with E-state index in [4.69, 9.17) is 34.0 Å². The number of nitrogens with two attached hydrogens (primary N) is 1. The maximum atomic E-state index is 11.7. The van der Waals surface area contributed by atoms with Gasteiger partial charge in [0.05, 0.1) is 12.8 Å². The highest BCUT2D eigenvalue weighted by Crippen LogP contribution is 2.21. The first-order valence-electron chi connectivity index (χ1n) is 5.54. The normalized spacial score (nSPS) is 11.7. The van der Waals surface area contributed by atoms with Gasteiger partial charge in [0, 0.05) is 10.0 Å². The maximum absolute atomic E-state index is 11.7. The summed E-state index contributed by atoms with van der Waals surface area (Å²) in [6.45, 7) is 0. The number of carboxylic acid groups (broad SMARTS) is 1. The van der Waals surface area contributed by atoms with Crippen molar-refractivity contribution in [3.63, 3.8) is 0 Å². The Labute approximate surface area is 124 Å². The van der Waals surface area contributed by atoms with Crippen molar-refractivity contribution in [1.29, 1.82) is 0 Å². The fourth-order valence-electron chi connectivity index (χ4n) is 1.48. The molecule has 1 aromatic carbocycles. The van der Waals surface area contributed by atoms with Gasteiger partial charge in [0.25, 0.3) is 0 Å². The van der Waals surface area contributed by atoms with Gasteiger partial charge in [-0.3, -0.25) is 9.59 Å². The molecule has 0 aliphatic rings. The van der Waals surface area contributed by atoms with Crippen molar-refractivity contribution in [2.24, 2.45) is 5.73 Å². The molecule has 8 heteroatoms. The Hall–Kier alpha value is -1.79. The highest BCUT2D eigenvalue weighted by molar-refractivity contribution is 6.35. The van der Waals surface area contributed by atoms with Gasteiger partial charge in [0.2, 0.25) is 11.8 Å². The predicted molar refractivity (Wildman–Crippen MR) is 73.5 cm³/mol. The number of carbonyl (C=O) groups excluding carboxylic acids is 2. The largest absolute Gasteiger partial charge is 0.480 e. The van der Waals surface area contributed by atoms with Gasteiger partial charge in [-0.05, 0) is 17.7 Å². The highest BCUT2D eigenvalue weighted by Gasteiger charge is 2.22. The lowest BCUT2D eigenvalue weighted by atomic mass is 10.1. The van der Waals surface area contributed by atoms with Crippen LogP contribution >= 0.6 is 23.2 Å². The van der Waals surface area contributed by atoms with Crippen molar-refractivity contribution in [3.05, 3.63) is 33.8 Å². The molecular formula is C12H12Cl2N2O4. The van der Waals surface area contributed by atoms with Crippen LogP contribution in [0.15, 0.2) is 18.2 Å². The van der Waals surface area contributed by atoms with Crippen LogP contribution in [0, 0.1) is 0 Å². The zero-order valence-electron chi connectivity index (χ0n) is 10.2. The summed E-state index contributed by atoms with van der Waals surface area (Å²) in [5, 5.41) is 11.8. The Morgan fingerprint density at radius 2 is 1.95 bits per heavy atom. The van der Waals surface area contributed by atoms with E-state index in [1.54, 1.807) is 12.1 Å². The average molecular weight is 319 g/mol. The molecule has 4 N–H and O–H groups in total. The molecule has 0 heterocycles. The van der Waals surface area contributed by atoms with E-state index in [0.717, 1.165) is 0 Å². The van der Waals surface area contributed by atoms with Crippen LogP contribution in [0.1, 0.15) is 12.0 Å². The van der Waals surface area contributed by atoms with Gasteiger partial charge in [-0.25, -0.2) is 4.79 Å². The summed E-state index contributed by atoms with van der Waals surface area (Å²) in [5.41, 5.74) is 5.41. The third kappa shape index (κ3) is 5.07. The lowest BCUT2D eigenvalue weighted by molar-refractivity contribution is -0.143. The van der Waals surface area contributed by atoms with Crippen molar-refractivity contribution in [1.82, 2.24) is 5.32 Å². The Balaban J connectivity index is 2.70. The predicted octanol–water partition coefficient (Wildman–Crippen LogP) is 0.981. The molecule has 6 nitrogen and oxygen atoms in total. The molecule has 1 rings (SSSR count). The highest BCUT2D eigenvalue weighted by atomic mass is 35.5. The lowest BCUT2D eigenvalue weighted by Gasteiger charge is -2.13. The van der Waals surface area contributed by atoms with Crippen molar-refractivity contribution < 1.29 is 19.5 Å². The fraction of sp³-hybridized carbons (Fsp3) is 0.250. The molecule has 0 aliphatic heterocycles. The zero-order chi connectivity index (χ0) is 15.3. The molecule has 0 aliphatic carbocycles. The monoisotopic (exact) mass is 318 g/mol. The molecule has 1 atom stereocenters. The number of hydrogen-bond donors (Lipinski definition) is 3. The minimum absolute atomic E-state index is 0.126. The van der Waals surface area contributed by atoms with E-state index >= 15 is 0 Å². The van der Waals surface area contributed by atoms with Crippen LogP contribution in [0.5, 0.6) is 0 Å². The minimum Gasteiger partial charge on any atom is -0.480 e. The van der Waals surface area contributed by atoms with Gasteiger partial charge in [-0.1, -0.05) is 29.3 Å². The van der Waals surface area contributed by atoms with E-state index in [9.17, 15) is 14.4 Å². The van der Waals surface area contributed by atoms with Crippen LogP contribution in [0.2, 0.25) is 10.0 Å². The number of halogens is 2. The number of carboxylic acids is 1. The van der Waals surface area contributed by atoms with Crippen LogP contribution in [0.25, 0.3) is 0 Å². The second kappa shape index (κ2) is 7.12. The standard InChI is InChI=1S/C12H12Cl2N2O4/c13-7-2-1-6(8(14)4-7)3-11(18)16-9(12(19)20)5-10(15)17/h1-2,4,9H,3,5H2,(H2,15,17)(H,16,18)(H,19,20)/t9-/m1/s1. The van der Waals surface area contributed by atoms with E-state index in [-0.39, 0.29) is 6.42 Å². The van der Waals surface area contributed by atoms with Crippen molar-refractivity contribution in [3.8, 4) is 0 Å². The summed E-state index contributed by atoms with van der Waals surface area (Å²) >= 11 is 11.6. The van der Waals surface area contributed by atoms with Gasteiger partial charge in [0.15, 0.2) is 0 Å². The van der Waals surface area contributed by atoms with Gasteiger partial charge in [-0.15, -0.1) is 0 Å². The van der Waals surface area contributed by atoms with E-state index in [0.29, 0.717) is 15.6 Å².